The van der Waals surface area contributed by atoms with E-state index >= 15 is 0 Å². The minimum atomic E-state index is -0.286. The molecule has 0 spiro atoms. The molecule has 20 heavy (non-hydrogen) atoms. The number of ether oxygens (including phenoxy) is 1. The van der Waals surface area contributed by atoms with E-state index in [0.29, 0.717) is 6.54 Å². The summed E-state index contributed by atoms with van der Waals surface area (Å²) in [7, 11) is 0. The molecule has 1 aromatic rings. The lowest BCUT2D eigenvalue weighted by Gasteiger charge is -2.26. The van der Waals surface area contributed by atoms with Gasteiger partial charge in [-0.2, -0.15) is 0 Å². The quantitative estimate of drug-likeness (QED) is 0.866. The predicted octanol–water partition coefficient (Wildman–Crippen LogP) is 1.57. The molecule has 1 aromatic heterocycles. The van der Waals surface area contributed by atoms with Crippen molar-refractivity contribution in [1.29, 1.82) is 0 Å². The number of carbonyl (C=O) groups is 1. The molecule has 0 saturated carbocycles. The van der Waals surface area contributed by atoms with Gasteiger partial charge in [0.1, 0.15) is 5.01 Å². The Labute approximate surface area is 124 Å². The van der Waals surface area contributed by atoms with Crippen molar-refractivity contribution >= 4 is 17.2 Å². The van der Waals surface area contributed by atoms with Crippen molar-refractivity contribution in [3.8, 4) is 0 Å². The average Bonchev–Trinajstić information content (AvgIpc) is 2.85. The molecule has 2 rings (SSSR count). The molecule has 1 amide bonds. The van der Waals surface area contributed by atoms with Gasteiger partial charge in [0.05, 0.1) is 12.1 Å². The molecular weight excluding hydrogens is 274 g/mol. The van der Waals surface area contributed by atoms with Crippen molar-refractivity contribution in [2.75, 3.05) is 19.8 Å². The fraction of sp³-hybridized carbons (Fsp3) is 0.714. The minimum absolute atomic E-state index is 0.0400. The lowest BCUT2D eigenvalue weighted by atomic mass is 10.1. The molecule has 112 valence electrons. The lowest BCUT2D eigenvalue weighted by molar-refractivity contribution is -0.121. The molecule has 1 fully saturated rings. The first-order chi connectivity index (χ1) is 9.47. The van der Waals surface area contributed by atoms with Gasteiger partial charge in [-0.3, -0.25) is 10.1 Å². The third-order valence-corrected chi connectivity index (χ3v) is 4.71. The molecule has 1 aliphatic rings. The molecule has 6 heteroatoms. The second kappa shape index (κ2) is 6.65. The Morgan fingerprint density at radius 3 is 2.80 bits per heavy atom. The molecule has 0 bridgehead atoms. The fourth-order valence-electron chi connectivity index (χ4n) is 2.14. The number of hydrogen-bond donors (Lipinski definition) is 2. The van der Waals surface area contributed by atoms with E-state index < -0.39 is 0 Å². The smallest absolute Gasteiger partial charge is 0.234 e. The molecule has 0 unspecified atom stereocenters. The second-order valence-corrected chi connectivity index (χ2v) is 6.58. The molecule has 0 radical (unpaired) electrons. The Morgan fingerprint density at radius 2 is 2.20 bits per heavy atom. The van der Waals surface area contributed by atoms with Crippen molar-refractivity contribution in [3.05, 3.63) is 16.1 Å². The summed E-state index contributed by atoms with van der Waals surface area (Å²) in [6.45, 7) is 7.86. The van der Waals surface area contributed by atoms with Gasteiger partial charge in [0, 0.05) is 30.3 Å². The maximum atomic E-state index is 12.0. The van der Waals surface area contributed by atoms with Crippen LogP contribution >= 0.6 is 11.3 Å². The van der Waals surface area contributed by atoms with Gasteiger partial charge in [-0.25, -0.2) is 4.98 Å². The number of nitrogens with one attached hydrogen (secondary N) is 2. The van der Waals surface area contributed by atoms with Gasteiger partial charge >= 0.3 is 0 Å². The third kappa shape index (κ3) is 4.26. The molecule has 2 N–H and O–H groups in total. The summed E-state index contributed by atoms with van der Waals surface area (Å²) in [6, 6.07) is 0.253. The zero-order chi connectivity index (χ0) is 14.6. The van der Waals surface area contributed by atoms with Crippen LogP contribution in [0.2, 0.25) is 0 Å². The molecule has 5 nitrogen and oxygen atoms in total. The van der Waals surface area contributed by atoms with E-state index in [0.717, 1.165) is 36.8 Å². The molecular formula is C14H23N3O2S. The monoisotopic (exact) mass is 297 g/mol. The predicted molar refractivity (Wildman–Crippen MR) is 79.9 cm³/mol. The maximum absolute atomic E-state index is 12.0. The van der Waals surface area contributed by atoms with Crippen molar-refractivity contribution < 1.29 is 9.53 Å². The van der Waals surface area contributed by atoms with Crippen LogP contribution in [0, 0.1) is 6.92 Å². The van der Waals surface area contributed by atoms with Crippen molar-refractivity contribution in [2.45, 2.75) is 45.2 Å². The van der Waals surface area contributed by atoms with E-state index in [4.69, 9.17) is 4.74 Å². The normalized spacial score (nSPS) is 17.1. The first-order valence-corrected chi connectivity index (χ1v) is 7.90. The fourth-order valence-corrected chi connectivity index (χ4v) is 3.04. The van der Waals surface area contributed by atoms with Crippen LogP contribution in [0.1, 0.15) is 37.4 Å². The number of nitrogens with zero attached hydrogens (tertiary/aromatic N) is 1. The van der Waals surface area contributed by atoms with Crippen LogP contribution in [0.25, 0.3) is 0 Å². The highest BCUT2D eigenvalue weighted by Crippen LogP contribution is 2.23. The zero-order valence-corrected chi connectivity index (χ0v) is 13.2. The Bertz CT molecular complexity index is 453. The minimum Gasteiger partial charge on any atom is -0.381 e. The number of carbonyl (C=O) groups excluding carboxylic acids is 1. The van der Waals surface area contributed by atoms with Gasteiger partial charge in [-0.15, -0.1) is 11.3 Å². The summed E-state index contributed by atoms with van der Waals surface area (Å²) in [4.78, 5) is 16.4. The maximum Gasteiger partial charge on any atom is 0.234 e. The number of aromatic nitrogens is 1. The van der Waals surface area contributed by atoms with Gasteiger partial charge in [-0.1, -0.05) is 0 Å². The van der Waals surface area contributed by atoms with E-state index in [2.05, 4.69) is 15.6 Å². The highest BCUT2D eigenvalue weighted by Gasteiger charge is 2.25. The first-order valence-electron chi connectivity index (χ1n) is 7.02. The Morgan fingerprint density at radius 1 is 1.50 bits per heavy atom. The summed E-state index contributed by atoms with van der Waals surface area (Å²) in [6.07, 6.45) is 1.81. The SMILES string of the molecule is Cc1csc(C(C)(C)NCC(=O)NC2CCOCC2)n1. The number of hydrogen-bond acceptors (Lipinski definition) is 5. The third-order valence-electron chi connectivity index (χ3n) is 3.43. The Balaban J connectivity index is 1.80. The van der Waals surface area contributed by atoms with E-state index in [-0.39, 0.29) is 17.5 Å². The van der Waals surface area contributed by atoms with Crippen LogP contribution in [0.5, 0.6) is 0 Å². The van der Waals surface area contributed by atoms with E-state index in [1.807, 2.05) is 26.2 Å². The van der Waals surface area contributed by atoms with Gasteiger partial charge in [0.25, 0.3) is 0 Å². The summed E-state index contributed by atoms with van der Waals surface area (Å²) in [5, 5.41) is 9.37. The van der Waals surface area contributed by atoms with Crippen LogP contribution in [0.3, 0.4) is 0 Å². The van der Waals surface area contributed by atoms with E-state index in [9.17, 15) is 4.79 Å². The largest absolute Gasteiger partial charge is 0.381 e. The molecule has 0 atom stereocenters. The average molecular weight is 297 g/mol. The number of thiazole rings is 1. The van der Waals surface area contributed by atoms with Crippen LogP contribution in [-0.4, -0.2) is 36.7 Å². The van der Waals surface area contributed by atoms with Gasteiger partial charge in [0.15, 0.2) is 0 Å². The topological polar surface area (TPSA) is 63.2 Å². The van der Waals surface area contributed by atoms with Gasteiger partial charge in [-0.05, 0) is 33.6 Å². The first kappa shape index (κ1) is 15.4. The number of rotatable bonds is 5. The molecule has 1 aliphatic heterocycles. The Kier molecular flexibility index (Phi) is 5.12. The van der Waals surface area contributed by atoms with Crippen LogP contribution < -0.4 is 10.6 Å². The van der Waals surface area contributed by atoms with Crippen molar-refractivity contribution in [3.63, 3.8) is 0 Å². The standard InChI is InChI=1S/C14H23N3O2S/c1-10-9-20-13(16-10)14(2,3)15-8-12(18)17-11-4-6-19-7-5-11/h9,11,15H,4-8H2,1-3H3,(H,17,18). The molecule has 0 aliphatic carbocycles. The van der Waals surface area contributed by atoms with Gasteiger partial charge < -0.3 is 10.1 Å². The summed E-state index contributed by atoms with van der Waals surface area (Å²) >= 11 is 1.62. The highest BCUT2D eigenvalue weighted by molar-refractivity contribution is 7.09. The van der Waals surface area contributed by atoms with Crippen LogP contribution in [-0.2, 0) is 15.1 Å². The lowest BCUT2D eigenvalue weighted by Crippen LogP contribution is -2.47. The van der Waals surface area contributed by atoms with E-state index in [1.54, 1.807) is 11.3 Å². The summed E-state index contributed by atoms with van der Waals surface area (Å²) < 4.78 is 5.28. The number of aryl methyl sites for hydroxylation is 1. The highest BCUT2D eigenvalue weighted by atomic mass is 32.1. The Hall–Kier alpha value is -0.980. The van der Waals surface area contributed by atoms with E-state index in [1.165, 1.54) is 0 Å². The second-order valence-electron chi connectivity index (χ2n) is 5.73. The molecule has 1 saturated heterocycles. The van der Waals surface area contributed by atoms with Gasteiger partial charge in [0.2, 0.25) is 5.91 Å². The molecule has 2 heterocycles. The summed E-state index contributed by atoms with van der Waals surface area (Å²) in [5.41, 5.74) is 0.734. The molecule has 0 aromatic carbocycles. The van der Waals surface area contributed by atoms with Crippen LogP contribution in [0.4, 0.5) is 0 Å². The number of amides is 1. The summed E-state index contributed by atoms with van der Waals surface area (Å²) in [5.74, 6) is 0.0400. The van der Waals surface area contributed by atoms with Crippen molar-refractivity contribution in [2.24, 2.45) is 0 Å². The van der Waals surface area contributed by atoms with Crippen LogP contribution in [0.15, 0.2) is 5.38 Å². The van der Waals surface area contributed by atoms with Crippen molar-refractivity contribution in [1.82, 2.24) is 15.6 Å². The zero-order valence-electron chi connectivity index (χ0n) is 12.4.